The third kappa shape index (κ3) is 9.48. The summed E-state index contributed by atoms with van der Waals surface area (Å²) in [5, 5.41) is 0. The minimum Gasteiger partial charge on any atom is -0.176 e. The van der Waals surface area contributed by atoms with Crippen molar-refractivity contribution in [3.8, 4) is 0 Å². The number of halogens is 2. The Hall–Kier alpha value is 0.930. The van der Waals surface area contributed by atoms with E-state index < -0.39 is 4.33 Å². The first-order valence-electron chi connectivity index (χ1n) is 5.61. The monoisotopic (exact) mass is 256 g/mol. The van der Waals surface area contributed by atoms with Crippen LogP contribution >= 0.6 is 35.8 Å². The fourth-order valence-corrected chi connectivity index (χ4v) is 1.85. The number of alkyl halides is 2. The van der Waals surface area contributed by atoms with Gasteiger partial charge in [0.1, 0.15) is 4.33 Å². The second-order valence-electron chi connectivity index (χ2n) is 3.89. The fourth-order valence-electron chi connectivity index (χ4n) is 1.42. The Bertz CT molecular complexity index is 126. The van der Waals surface area contributed by atoms with E-state index in [1.807, 2.05) is 0 Å². The molecule has 14 heavy (non-hydrogen) atoms. The first-order chi connectivity index (χ1) is 6.62. The Kier molecular flexibility index (Phi) is 9.79. The number of hydrogen-bond donors (Lipinski definition) is 1. The van der Waals surface area contributed by atoms with E-state index in [1.54, 1.807) is 0 Å². The van der Waals surface area contributed by atoms with E-state index in [1.165, 1.54) is 38.5 Å². The molecule has 0 aliphatic heterocycles. The zero-order chi connectivity index (χ0) is 10.9. The third-order valence-electron chi connectivity index (χ3n) is 2.38. The van der Waals surface area contributed by atoms with Crippen LogP contribution in [0.25, 0.3) is 0 Å². The summed E-state index contributed by atoms with van der Waals surface area (Å²) < 4.78 is -0.605. The number of hydrogen-bond acceptors (Lipinski definition) is 1. The molecule has 0 saturated heterocycles. The number of rotatable bonds is 9. The zero-order valence-corrected chi connectivity index (χ0v) is 11.5. The highest BCUT2D eigenvalue weighted by molar-refractivity contribution is 7.80. The Labute approximate surface area is 104 Å². The maximum absolute atomic E-state index is 5.97. The molecule has 0 saturated carbocycles. The molecule has 0 spiro atoms. The molecule has 0 aromatic carbocycles. The van der Waals surface area contributed by atoms with Crippen LogP contribution < -0.4 is 0 Å². The predicted octanol–water partition coefficient (Wildman–Crippen LogP) is 5.23. The van der Waals surface area contributed by atoms with Gasteiger partial charge in [-0.3, -0.25) is 0 Å². The molecule has 0 radical (unpaired) electrons. The summed E-state index contributed by atoms with van der Waals surface area (Å²) in [5.74, 6) is 0.548. The molecular weight excluding hydrogens is 235 g/mol. The van der Waals surface area contributed by atoms with Crippen LogP contribution in [0, 0.1) is 0 Å². The van der Waals surface area contributed by atoms with Gasteiger partial charge in [-0.25, -0.2) is 0 Å². The van der Waals surface area contributed by atoms with E-state index in [-0.39, 0.29) is 0 Å². The van der Waals surface area contributed by atoms with Crippen molar-refractivity contribution in [1.29, 1.82) is 0 Å². The minimum atomic E-state index is -0.605. The predicted molar refractivity (Wildman–Crippen MR) is 70.9 cm³/mol. The molecule has 0 aliphatic carbocycles. The van der Waals surface area contributed by atoms with E-state index in [9.17, 15) is 0 Å². The Morgan fingerprint density at radius 1 is 0.929 bits per heavy atom. The fraction of sp³-hybridized carbons (Fsp3) is 1.00. The minimum absolute atomic E-state index is 0.548. The molecule has 0 amide bonds. The first kappa shape index (κ1) is 14.9. The Morgan fingerprint density at radius 3 is 1.93 bits per heavy atom. The largest absolute Gasteiger partial charge is 0.176 e. The molecule has 0 nitrogen and oxygen atoms in total. The normalized spacial score (nSPS) is 12.0. The molecule has 0 unspecified atom stereocenters. The molecule has 0 rings (SSSR count). The van der Waals surface area contributed by atoms with E-state index in [2.05, 4.69) is 19.6 Å². The molecule has 0 heterocycles. The van der Waals surface area contributed by atoms with Crippen molar-refractivity contribution in [2.24, 2.45) is 0 Å². The summed E-state index contributed by atoms with van der Waals surface area (Å²) >= 11 is 16.1. The van der Waals surface area contributed by atoms with Gasteiger partial charge in [0, 0.05) is 5.75 Å². The summed E-state index contributed by atoms with van der Waals surface area (Å²) in [6.45, 7) is 2.24. The first-order valence-corrected chi connectivity index (χ1v) is 7.00. The summed E-state index contributed by atoms with van der Waals surface area (Å²) in [7, 11) is 0. The van der Waals surface area contributed by atoms with Crippen LogP contribution in [0.1, 0.15) is 58.3 Å². The second-order valence-corrected chi connectivity index (χ2v) is 5.84. The molecule has 0 aromatic heterocycles. The van der Waals surface area contributed by atoms with Crippen molar-refractivity contribution in [3.63, 3.8) is 0 Å². The molecule has 0 N–H and O–H groups in total. The van der Waals surface area contributed by atoms with Crippen LogP contribution in [0.15, 0.2) is 0 Å². The summed E-state index contributed by atoms with van der Waals surface area (Å²) in [6, 6.07) is 0. The van der Waals surface area contributed by atoms with Gasteiger partial charge >= 0.3 is 0 Å². The van der Waals surface area contributed by atoms with Crippen LogP contribution in [-0.4, -0.2) is 10.1 Å². The molecule has 86 valence electrons. The van der Waals surface area contributed by atoms with E-state index >= 15 is 0 Å². The van der Waals surface area contributed by atoms with Gasteiger partial charge < -0.3 is 0 Å². The number of thiol groups is 1. The highest BCUT2D eigenvalue weighted by Gasteiger charge is 2.20. The van der Waals surface area contributed by atoms with Gasteiger partial charge in [-0.1, -0.05) is 51.9 Å². The molecule has 0 aromatic rings. The topological polar surface area (TPSA) is 0 Å². The van der Waals surface area contributed by atoms with Gasteiger partial charge in [-0.2, -0.15) is 12.6 Å². The highest BCUT2D eigenvalue weighted by atomic mass is 35.5. The average Bonchev–Trinajstić information content (AvgIpc) is 2.16. The Morgan fingerprint density at radius 2 is 1.43 bits per heavy atom. The van der Waals surface area contributed by atoms with Crippen molar-refractivity contribution in [3.05, 3.63) is 0 Å². The van der Waals surface area contributed by atoms with Gasteiger partial charge in [0.25, 0.3) is 0 Å². The maximum atomic E-state index is 5.97. The second kappa shape index (κ2) is 9.18. The zero-order valence-electron chi connectivity index (χ0n) is 9.07. The molecule has 0 atom stereocenters. The van der Waals surface area contributed by atoms with Crippen LogP contribution in [-0.2, 0) is 0 Å². The SMILES string of the molecule is CCCCCCCCCC(Cl)(Cl)CS. The van der Waals surface area contributed by atoms with Gasteiger partial charge in [-0.05, 0) is 6.42 Å². The van der Waals surface area contributed by atoms with Crippen LogP contribution in [0.5, 0.6) is 0 Å². The molecular formula is C11H22Cl2S. The average molecular weight is 257 g/mol. The van der Waals surface area contributed by atoms with Crippen molar-refractivity contribution in [2.45, 2.75) is 62.6 Å². The molecule has 0 fully saturated rings. The summed E-state index contributed by atoms with van der Waals surface area (Å²) in [4.78, 5) is 0. The molecule has 0 aliphatic rings. The molecule has 3 heteroatoms. The lowest BCUT2D eigenvalue weighted by atomic mass is 10.1. The van der Waals surface area contributed by atoms with Crippen molar-refractivity contribution in [2.75, 3.05) is 5.75 Å². The highest BCUT2D eigenvalue weighted by Crippen LogP contribution is 2.29. The summed E-state index contributed by atoms with van der Waals surface area (Å²) in [6.07, 6.45) is 9.96. The van der Waals surface area contributed by atoms with Gasteiger partial charge in [-0.15, -0.1) is 23.2 Å². The summed E-state index contributed by atoms with van der Waals surface area (Å²) in [5.41, 5.74) is 0. The van der Waals surface area contributed by atoms with Crippen LogP contribution in [0.2, 0.25) is 0 Å². The smallest absolute Gasteiger partial charge is 0.127 e. The third-order valence-corrected chi connectivity index (χ3v) is 3.94. The lowest BCUT2D eigenvalue weighted by molar-refractivity contribution is 0.566. The van der Waals surface area contributed by atoms with Gasteiger partial charge in [0.15, 0.2) is 0 Å². The molecule has 0 bridgehead atoms. The number of unbranched alkanes of at least 4 members (excludes halogenated alkanes) is 6. The van der Waals surface area contributed by atoms with E-state index in [4.69, 9.17) is 23.2 Å². The van der Waals surface area contributed by atoms with Crippen molar-refractivity contribution < 1.29 is 0 Å². The van der Waals surface area contributed by atoms with Gasteiger partial charge in [0.2, 0.25) is 0 Å². The van der Waals surface area contributed by atoms with Crippen LogP contribution in [0.4, 0.5) is 0 Å². The maximum Gasteiger partial charge on any atom is 0.127 e. The van der Waals surface area contributed by atoms with E-state index in [0.29, 0.717) is 5.75 Å². The lowest BCUT2D eigenvalue weighted by Gasteiger charge is -2.15. The van der Waals surface area contributed by atoms with E-state index in [0.717, 1.165) is 12.8 Å². The van der Waals surface area contributed by atoms with Crippen molar-refractivity contribution >= 4 is 35.8 Å². The van der Waals surface area contributed by atoms with Crippen LogP contribution in [0.3, 0.4) is 0 Å². The van der Waals surface area contributed by atoms with Gasteiger partial charge in [0.05, 0.1) is 0 Å². The lowest BCUT2D eigenvalue weighted by Crippen LogP contribution is -2.14. The standard InChI is InChI=1S/C11H22Cl2S/c1-2-3-4-5-6-7-8-9-11(12,13)10-14/h14H,2-10H2,1H3. The quantitative estimate of drug-likeness (QED) is 0.326. The van der Waals surface area contributed by atoms with Crippen molar-refractivity contribution in [1.82, 2.24) is 0 Å². The Balaban J connectivity index is 3.13.